The molecule has 2 aromatic rings. The van der Waals surface area contributed by atoms with Crippen LogP contribution in [0, 0.1) is 5.82 Å². The minimum absolute atomic E-state index is 0.0547. The monoisotopic (exact) mass is 399 g/mol. The molecule has 1 unspecified atom stereocenters. The van der Waals surface area contributed by atoms with Gasteiger partial charge in [0.05, 0.1) is 18.8 Å². The fourth-order valence-corrected chi connectivity index (χ4v) is 4.25. The van der Waals surface area contributed by atoms with Crippen molar-refractivity contribution >= 4 is 16.8 Å². The maximum atomic E-state index is 13.7. The number of carbonyl (C=O) groups is 1. The zero-order chi connectivity index (χ0) is 20.1. The lowest BCUT2D eigenvalue weighted by atomic mass is 9.90. The number of morpholine rings is 1. The number of benzene rings is 1. The van der Waals surface area contributed by atoms with Crippen LogP contribution in [0.15, 0.2) is 24.4 Å². The summed E-state index contributed by atoms with van der Waals surface area (Å²) in [4.78, 5) is 15.1. The van der Waals surface area contributed by atoms with E-state index in [2.05, 4.69) is 10.2 Å². The van der Waals surface area contributed by atoms with Crippen LogP contribution in [0.5, 0.6) is 0 Å². The van der Waals surface area contributed by atoms with Gasteiger partial charge in [0.15, 0.2) is 0 Å². The molecule has 9 heteroatoms. The Morgan fingerprint density at radius 3 is 2.57 bits per heavy atom. The van der Waals surface area contributed by atoms with Gasteiger partial charge in [-0.1, -0.05) is 0 Å². The normalized spacial score (nSPS) is 25.8. The number of likely N-dealkylation sites (N-methyl/N-ethyl adjacent to an activating group) is 1. The van der Waals surface area contributed by atoms with E-state index in [4.69, 9.17) is 4.74 Å². The number of amides is 1. The summed E-state index contributed by atoms with van der Waals surface area (Å²) in [6.07, 6.45) is -1.88. The van der Waals surface area contributed by atoms with Crippen molar-refractivity contribution in [3.63, 3.8) is 0 Å². The highest BCUT2D eigenvalue weighted by molar-refractivity contribution is 6.07. The van der Waals surface area contributed by atoms with E-state index < -0.39 is 24.4 Å². The Kier molecular flexibility index (Phi) is 4.83. The summed E-state index contributed by atoms with van der Waals surface area (Å²) in [6.45, 7) is -0.0525. The van der Waals surface area contributed by atoms with Gasteiger partial charge in [-0.25, -0.2) is 4.39 Å². The van der Waals surface area contributed by atoms with Crippen molar-refractivity contribution in [3.05, 3.63) is 35.8 Å². The maximum Gasteiger partial charge on any atom is 0.406 e. The first-order chi connectivity index (χ1) is 13.2. The molecule has 3 atom stereocenters. The fourth-order valence-electron chi connectivity index (χ4n) is 4.25. The van der Waals surface area contributed by atoms with E-state index in [0.29, 0.717) is 26.1 Å². The van der Waals surface area contributed by atoms with Crippen LogP contribution in [-0.4, -0.2) is 59.9 Å². The van der Waals surface area contributed by atoms with Gasteiger partial charge in [0.2, 0.25) is 0 Å². The molecule has 4 rings (SSSR count). The first kappa shape index (κ1) is 19.2. The number of fused-ring (bicyclic) bond motifs is 3. The van der Waals surface area contributed by atoms with Crippen LogP contribution in [0.3, 0.4) is 0 Å². The zero-order valence-corrected chi connectivity index (χ0v) is 15.3. The van der Waals surface area contributed by atoms with E-state index in [1.165, 1.54) is 6.07 Å². The number of carbonyl (C=O) groups excluding carboxylic acids is 1. The summed E-state index contributed by atoms with van der Waals surface area (Å²) in [6, 6.07) is 3.76. The summed E-state index contributed by atoms with van der Waals surface area (Å²) in [7, 11) is 2.03. The second-order valence-corrected chi connectivity index (χ2v) is 7.60. The Hall–Kier alpha value is -2.13. The number of hydrogen-bond donors (Lipinski definition) is 1. The molecule has 1 aromatic heterocycles. The molecule has 5 nitrogen and oxygen atoms in total. The van der Waals surface area contributed by atoms with Crippen molar-refractivity contribution in [1.82, 2.24) is 14.8 Å². The molecule has 2 fully saturated rings. The van der Waals surface area contributed by atoms with E-state index in [1.807, 2.05) is 7.05 Å². The van der Waals surface area contributed by atoms with Crippen LogP contribution >= 0.6 is 0 Å². The van der Waals surface area contributed by atoms with Crippen molar-refractivity contribution in [3.8, 4) is 0 Å². The highest BCUT2D eigenvalue weighted by Crippen LogP contribution is 2.29. The van der Waals surface area contributed by atoms with Crippen LogP contribution in [0.2, 0.25) is 0 Å². The quantitative estimate of drug-likeness (QED) is 0.808. The van der Waals surface area contributed by atoms with Crippen molar-refractivity contribution in [2.24, 2.45) is 0 Å². The number of alkyl halides is 3. The molecule has 0 radical (unpaired) electrons. The molecule has 28 heavy (non-hydrogen) atoms. The van der Waals surface area contributed by atoms with Crippen LogP contribution in [0.1, 0.15) is 23.2 Å². The van der Waals surface area contributed by atoms with E-state index in [-0.39, 0.29) is 34.6 Å². The molecule has 1 N–H and O–H groups in total. The molecule has 2 aliphatic heterocycles. The van der Waals surface area contributed by atoms with Gasteiger partial charge in [-0.15, -0.1) is 0 Å². The predicted molar refractivity (Wildman–Crippen MR) is 94.6 cm³/mol. The third-order valence-electron chi connectivity index (χ3n) is 5.66. The van der Waals surface area contributed by atoms with Gasteiger partial charge in [-0.3, -0.25) is 9.69 Å². The molecule has 1 amide bonds. The van der Waals surface area contributed by atoms with Gasteiger partial charge in [-0.2, -0.15) is 13.2 Å². The lowest BCUT2D eigenvalue weighted by Crippen LogP contribution is -2.59. The molecule has 2 saturated heterocycles. The van der Waals surface area contributed by atoms with Crippen molar-refractivity contribution in [2.45, 2.75) is 43.7 Å². The number of ether oxygens (including phenoxy) is 1. The number of aromatic nitrogens is 1. The third kappa shape index (κ3) is 3.73. The summed E-state index contributed by atoms with van der Waals surface area (Å²) >= 11 is 0. The van der Waals surface area contributed by atoms with E-state index in [9.17, 15) is 22.4 Å². The standard InChI is InChI=1S/C19H21F4N3O2/c1-25-13-5-12(6-14(25)9-28-8-13)24-18(27)16-7-26(10-19(21,22)23)17-3-2-11(20)4-15(16)17/h2-4,7,12-14H,5-6,8-10H2,1H3,(H,24,27)/t12?,13-,14+. The highest BCUT2D eigenvalue weighted by Gasteiger charge is 2.37. The molecule has 2 aliphatic rings. The predicted octanol–water partition coefficient (Wildman–Crippen LogP) is 2.93. The maximum absolute atomic E-state index is 13.7. The third-order valence-corrected chi connectivity index (χ3v) is 5.66. The number of nitrogens with one attached hydrogen (secondary N) is 1. The smallest absolute Gasteiger partial charge is 0.378 e. The summed E-state index contributed by atoms with van der Waals surface area (Å²) < 4.78 is 58.9. The number of nitrogens with zero attached hydrogens (tertiary/aromatic N) is 2. The van der Waals surface area contributed by atoms with Gasteiger partial charge >= 0.3 is 6.18 Å². The molecule has 2 bridgehead atoms. The van der Waals surface area contributed by atoms with Crippen molar-refractivity contribution < 1.29 is 27.1 Å². The molecule has 0 aliphatic carbocycles. The summed E-state index contributed by atoms with van der Waals surface area (Å²) in [5.41, 5.74) is 0.233. The second-order valence-electron chi connectivity index (χ2n) is 7.60. The number of halogens is 4. The molecular weight excluding hydrogens is 378 g/mol. The van der Waals surface area contributed by atoms with Crippen molar-refractivity contribution in [1.29, 1.82) is 0 Å². The highest BCUT2D eigenvalue weighted by atomic mass is 19.4. The lowest BCUT2D eigenvalue weighted by molar-refractivity contribution is -0.139. The second kappa shape index (κ2) is 7.04. The zero-order valence-electron chi connectivity index (χ0n) is 15.3. The van der Waals surface area contributed by atoms with Gasteiger partial charge in [0.25, 0.3) is 5.91 Å². The van der Waals surface area contributed by atoms with Gasteiger partial charge in [0, 0.05) is 35.2 Å². The van der Waals surface area contributed by atoms with E-state index >= 15 is 0 Å². The Bertz CT molecular complexity index is 881. The summed E-state index contributed by atoms with van der Waals surface area (Å²) in [5, 5.41) is 3.11. The average molecular weight is 399 g/mol. The molecule has 3 heterocycles. The molecular formula is C19H21F4N3O2. The Morgan fingerprint density at radius 2 is 1.93 bits per heavy atom. The Labute approximate surface area is 159 Å². The van der Waals surface area contributed by atoms with Crippen LogP contribution in [0.25, 0.3) is 10.9 Å². The topological polar surface area (TPSA) is 46.5 Å². The van der Waals surface area contributed by atoms with Gasteiger partial charge in [0.1, 0.15) is 12.4 Å². The molecule has 152 valence electrons. The van der Waals surface area contributed by atoms with Crippen LogP contribution in [0.4, 0.5) is 17.6 Å². The van der Waals surface area contributed by atoms with E-state index in [1.54, 1.807) is 0 Å². The largest absolute Gasteiger partial charge is 0.406 e. The van der Waals surface area contributed by atoms with E-state index in [0.717, 1.165) is 22.9 Å². The first-order valence-corrected chi connectivity index (χ1v) is 9.17. The molecule has 0 spiro atoms. The minimum Gasteiger partial charge on any atom is -0.378 e. The summed E-state index contributed by atoms with van der Waals surface area (Å²) in [5.74, 6) is -1.08. The average Bonchev–Trinajstić information content (AvgIpc) is 2.91. The van der Waals surface area contributed by atoms with Crippen LogP contribution in [-0.2, 0) is 11.3 Å². The number of rotatable bonds is 3. The Morgan fingerprint density at radius 1 is 1.25 bits per heavy atom. The van der Waals surface area contributed by atoms with Gasteiger partial charge < -0.3 is 14.6 Å². The Balaban J connectivity index is 1.59. The van der Waals surface area contributed by atoms with Gasteiger partial charge in [-0.05, 0) is 38.1 Å². The van der Waals surface area contributed by atoms with Crippen molar-refractivity contribution in [2.75, 3.05) is 20.3 Å². The number of hydrogen-bond acceptors (Lipinski definition) is 3. The minimum atomic E-state index is -4.44. The fraction of sp³-hybridized carbons (Fsp3) is 0.526. The molecule has 0 saturated carbocycles. The number of piperidine rings is 1. The first-order valence-electron chi connectivity index (χ1n) is 9.17. The molecule has 1 aromatic carbocycles. The van der Waals surface area contributed by atoms with Crippen LogP contribution < -0.4 is 5.32 Å². The lowest BCUT2D eigenvalue weighted by Gasteiger charge is -2.46. The SMILES string of the molecule is CN1[C@@H]2COC[C@H]1CC(NC(=O)c1cn(CC(F)(F)F)c3ccc(F)cc13)C2.